The van der Waals surface area contributed by atoms with Crippen LogP contribution in [0.4, 0.5) is 32.0 Å². The maximum atomic E-state index is 12.4. The van der Waals surface area contributed by atoms with Gasteiger partial charge in [0, 0.05) is 10.2 Å². The van der Waals surface area contributed by atoms with E-state index in [4.69, 9.17) is 0 Å². The average molecular weight is 336 g/mol. The predicted molar refractivity (Wildman–Crippen MR) is 53.8 cm³/mol. The second-order valence-electron chi connectivity index (χ2n) is 3.18. The van der Waals surface area contributed by atoms with Crippen LogP contribution in [0.2, 0.25) is 0 Å². The van der Waals surface area contributed by atoms with Crippen LogP contribution < -0.4 is 5.32 Å². The normalized spacial score (nSPS) is 12.4. The van der Waals surface area contributed by atoms with Crippen LogP contribution in [-0.4, -0.2) is 12.1 Å². The van der Waals surface area contributed by atoms with Crippen molar-refractivity contribution in [2.75, 3.05) is 5.32 Å². The van der Waals surface area contributed by atoms with Gasteiger partial charge < -0.3 is 5.32 Å². The predicted octanol–water partition coefficient (Wildman–Crippen LogP) is 3.97. The van der Waals surface area contributed by atoms with E-state index in [-0.39, 0.29) is 4.47 Å². The van der Waals surface area contributed by atoms with E-state index in [0.29, 0.717) is 12.1 Å². The summed E-state index contributed by atoms with van der Waals surface area (Å²) >= 11 is 2.71. The van der Waals surface area contributed by atoms with Gasteiger partial charge in [-0.3, -0.25) is 4.79 Å². The molecule has 1 aromatic carbocycles. The van der Waals surface area contributed by atoms with E-state index >= 15 is 0 Å². The van der Waals surface area contributed by atoms with E-state index < -0.39 is 29.5 Å². The lowest BCUT2D eigenvalue weighted by atomic mass is 10.2. The largest absolute Gasteiger partial charge is 0.471 e. The fourth-order valence-corrected chi connectivity index (χ4v) is 1.52. The highest BCUT2D eigenvalue weighted by Gasteiger charge is 2.39. The van der Waals surface area contributed by atoms with Crippen LogP contribution in [0.15, 0.2) is 22.7 Å². The van der Waals surface area contributed by atoms with Crippen LogP contribution in [0.5, 0.6) is 0 Å². The molecule has 0 bridgehead atoms. The van der Waals surface area contributed by atoms with E-state index in [0.717, 1.165) is 6.07 Å². The van der Waals surface area contributed by atoms with Crippen molar-refractivity contribution in [2.45, 2.75) is 12.4 Å². The lowest BCUT2D eigenvalue weighted by Crippen LogP contribution is -2.30. The first kappa shape index (κ1) is 14.8. The Balaban J connectivity index is 3.05. The molecule has 1 N–H and O–H groups in total. The molecule has 0 aliphatic rings. The topological polar surface area (TPSA) is 29.1 Å². The van der Waals surface area contributed by atoms with Gasteiger partial charge in [0.1, 0.15) is 0 Å². The Hall–Kier alpha value is -1.25. The first-order valence-electron chi connectivity index (χ1n) is 4.26. The number of hydrogen-bond donors (Lipinski definition) is 1. The molecular formula is C9H4BrF6NO. The summed E-state index contributed by atoms with van der Waals surface area (Å²) in [5.74, 6) is -2.34. The highest BCUT2D eigenvalue weighted by Crippen LogP contribution is 2.33. The Labute approximate surface area is 105 Å². The molecule has 0 radical (unpaired) electrons. The quantitative estimate of drug-likeness (QED) is 0.773. The van der Waals surface area contributed by atoms with E-state index in [9.17, 15) is 31.1 Å². The molecule has 0 spiro atoms. The molecule has 0 heterocycles. The number of hydrogen-bond acceptors (Lipinski definition) is 1. The molecule has 0 aromatic heterocycles. The van der Waals surface area contributed by atoms with Gasteiger partial charge in [0.05, 0.1) is 5.56 Å². The van der Waals surface area contributed by atoms with E-state index in [1.165, 1.54) is 5.32 Å². The molecule has 1 rings (SSSR count). The summed E-state index contributed by atoms with van der Waals surface area (Å²) in [5.41, 5.74) is -1.77. The number of nitrogens with one attached hydrogen (secondary N) is 1. The number of rotatable bonds is 1. The van der Waals surface area contributed by atoms with E-state index in [1.54, 1.807) is 0 Å². The molecule has 0 saturated carbocycles. The smallest absolute Gasteiger partial charge is 0.318 e. The Morgan fingerprint density at radius 3 is 2.06 bits per heavy atom. The monoisotopic (exact) mass is 335 g/mol. The molecule has 0 fully saturated rings. The number of carbonyl (C=O) groups excluding carboxylic acids is 1. The van der Waals surface area contributed by atoms with Gasteiger partial charge >= 0.3 is 18.3 Å². The number of alkyl halides is 6. The molecule has 9 heteroatoms. The second-order valence-corrected chi connectivity index (χ2v) is 4.09. The number of halogens is 7. The maximum Gasteiger partial charge on any atom is 0.471 e. The molecule has 100 valence electrons. The molecule has 0 saturated heterocycles. The van der Waals surface area contributed by atoms with Crippen molar-refractivity contribution in [1.82, 2.24) is 0 Å². The van der Waals surface area contributed by atoms with Gasteiger partial charge in [0.2, 0.25) is 0 Å². The maximum absolute atomic E-state index is 12.4. The summed E-state index contributed by atoms with van der Waals surface area (Å²) in [7, 11) is 0. The van der Waals surface area contributed by atoms with Crippen LogP contribution in [0, 0.1) is 0 Å². The molecule has 1 aromatic rings. The first-order valence-corrected chi connectivity index (χ1v) is 5.05. The molecule has 0 atom stereocenters. The Morgan fingerprint density at radius 1 is 1.06 bits per heavy atom. The highest BCUT2D eigenvalue weighted by atomic mass is 79.9. The summed E-state index contributed by atoms with van der Waals surface area (Å²) in [6.45, 7) is 0. The van der Waals surface area contributed by atoms with Crippen LogP contribution in [0.3, 0.4) is 0 Å². The Bertz CT molecular complexity index is 467. The van der Waals surface area contributed by atoms with Crippen molar-refractivity contribution < 1.29 is 31.1 Å². The van der Waals surface area contributed by atoms with Crippen molar-refractivity contribution in [3.05, 3.63) is 28.2 Å². The van der Waals surface area contributed by atoms with Gasteiger partial charge in [-0.05, 0) is 18.2 Å². The van der Waals surface area contributed by atoms with Crippen molar-refractivity contribution in [1.29, 1.82) is 0 Å². The zero-order valence-electron chi connectivity index (χ0n) is 8.29. The summed E-state index contributed by atoms with van der Waals surface area (Å²) in [6.07, 6.45) is -9.89. The summed E-state index contributed by atoms with van der Waals surface area (Å²) in [4.78, 5) is 10.6. The third kappa shape index (κ3) is 3.90. The van der Waals surface area contributed by atoms with Gasteiger partial charge in [0.15, 0.2) is 0 Å². The average Bonchev–Trinajstić information content (AvgIpc) is 2.13. The van der Waals surface area contributed by atoms with Crippen LogP contribution >= 0.6 is 15.9 Å². The molecule has 18 heavy (non-hydrogen) atoms. The van der Waals surface area contributed by atoms with Gasteiger partial charge in [0.25, 0.3) is 0 Å². The summed E-state index contributed by atoms with van der Waals surface area (Å²) in [6, 6.07) is 2.02. The van der Waals surface area contributed by atoms with Crippen molar-refractivity contribution >= 4 is 27.5 Å². The molecule has 0 aliphatic carbocycles. The lowest BCUT2D eigenvalue weighted by molar-refractivity contribution is -0.167. The van der Waals surface area contributed by atoms with Crippen LogP contribution in [0.1, 0.15) is 5.56 Å². The van der Waals surface area contributed by atoms with Gasteiger partial charge in [-0.1, -0.05) is 15.9 Å². The van der Waals surface area contributed by atoms with Gasteiger partial charge in [-0.15, -0.1) is 0 Å². The molecular weight excluding hydrogens is 332 g/mol. The van der Waals surface area contributed by atoms with Crippen molar-refractivity contribution in [2.24, 2.45) is 0 Å². The summed E-state index contributed by atoms with van der Waals surface area (Å²) < 4.78 is 72.8. The third-order valence-electron chi connectivity index (χ3n) is 1.74. The third-order valence-corrected chi connectivity index (χ3v) is 2.20. The molecule has 0 unspecified atom stereocenters. The minimum atomic E-state index is -5.17. The van der Waals surface area contributed by atoms with Crippen molar-refractivity contribution in [3.8, 4) is 0 Å². The zero-order chi connectivity index (χ0) is 14.1. The molecule has 2 nitrogen and oxygen atoms in total. The van der Waals surface area contributed by atoms with Crippen molar-refractivity contribution in [3.63, 3.8) is 0 Å². The second kappa shape index (κ2) is 4.79. The van der Waals surface area contributed by atoms with Gasteiger partial charge in [-0.2, -0.15) is 26.3 Å². The molecule has 1 amide bonds. The van der Waals surface area contributed by atoms with E-state index in [1.807, 2.05) is 0 Å². The van der Waals surface area contributed by atoms with E-state index in [2.05, 4.69) is 15.9 Å². The minimum absolute atomic E-state index is 0.102. The lowest BCUT2D eigenvalue weighted by Gasteiger charge is -2.12. The first-order chi connectivity index (χ1) is 8.00. The number of amides is 1. The minimum Gasteiger partial charge on any atom is -0.318 e. The SMILES string of the molecule is O=C(Nc1cc(Br)cc(C(F)(F)F)c1)C(F)(F)F. The Morgan fingerprint density at radius 2 is 1.61 bits per heavy atom. The van der Waals surface area contributed by atoms with Crippen LogP contribution in [0.25, 0.3) is 0 Å². The fourth-order valence-electron chi connectivity index (χ4n) is 1.03. The number of anilines is 1. The van der Waals surface area contributed by atoms with Gasteiger partial charge in [-0.25, -0.2) is 0 Å². The summed E-state index contributed by atoms with van der Waals surface area (Å²) in [5, 5.41) is 1.34. The standard InChI is InChI=1S/C9H4BrF6NO/c10-5-1-4(8(11,12)13)2-6(3-5)17-7(18)9(14,15)16/h1-3H,(H,17,18). The highest BCUT2D eigenvalue weighted by molar-refractivity contribution is 9.10. The Kier molecular flexibility index (Phi) is 3.94. The number of carbonyl (C=O) groups is 1. The zero-order valence-corrected chi connectivity index (χ0v) is 9.87. The number of benzene rings is 1. The fraction of sp³-hybridized carbons (Fsp3) is 0.222. The van der Waals surface area contributed by atoms with Crippen LogP contribution in [-0.2, 0) is 11.0 Å². The molecule has 0 aliphatic heterocycles.